The average molecular weight is 341 g/mol. The fourth-order valence-electron chi connectivity index (χ4n) is 2.48. The van der Waals surface area contributed by atoms with Crippen LogP contribution in [0.3, 0.4) is 0 Å². The van der Waals surface area contributed by atoms with E-state index in [2.05, 4.69) is 4.98 Å². The standard InChI is InChI=1S/C14H19N3O3S2/c1-11-15-14(10-16(11)2)22(18,19)17-6-5-13(21-9-7-17)12-4-3-8-20-12/h3-4,8,10,13H,5-7,9H2,1-2H3/t13-/m0/s1. The van der Waals surface area contributed by atoms with Crippen LogP contribution in [0.5, 0.6) is 0 Å². The van der Waals surface area contributed by atoms with E-state index in [0.29, 0.717) is 18.9 Å². The van der Waals surface area contributed by atoms with Gasteiger partial charge in [0.25, 0.3) is 10.0 Å². The van der Waals surface area contributed by atoms with Gasteiger partial charge in [-0.1, -0.05) is 0 Å². The van der Waals surface area contributed by atoms with Gasteiger partial charge in [-0.25, -0.2) is 13.4 Å². The van der Waals surface area contributed by atoms with Gasteiger partial charge in [0.1, 0.15) is 11.6 Å². The van der Waals surface area contributed by atoms with Crippen molar-refractivity contribution in [3.05, 3.63) is 36.2 Å². The van der Waals surface area contributed by atoms with Gasteiger partial charge in [0.2, 0.25) is 0 Å². The maximum atomic E-state index is 12.7. The topological polar surface area (TPSA) is 68.3 Å². The van der Waals surface area contributed by atoms with Crippen molar-refractivity contribution in [2.45, 2.75) is 23.6 Å². The van der Waals surface area contributed by atoms with Gasteiger partial charge in [0.05, 0.1) is 11.5 Å². The predicted octanol–water partition coefficient (Wildman–Crippen LogP) is 2.19. The summed E-state index contributed by atoms with van der Waals surface area (Å²) in [6.07, 6.45) is 3.97. The smallest absolute Gasteiger partial charge is 0.262 e. The number of hydrogen-bond donors (Lipinski definition) is 0. The molecule has 0 aliphatic carbocycles. The van der Waals surface area contributed by atoms with Crippen LogP contribution >= 0.6 is 11.8 Å². The lowest BCUT2D eigenvalue weighted by Gasteiger charge is -2.18. The summed E-state index contributed by atoms with van der Waals surface area (Å²) in [4.78, 5) is 4.16. The third-order valence-corrected chi connectivity index (χ3v) is 6.91. The summed E-state index contributed by atoms with van der Waals surface area (Å²) in [7, 11) is -1.72. The van der Waals surface area contributed by atoms with Crippen molar-refractivity contribution in [2.75, 3.05) is 18.8 Å². The Morgan fingerprint density at radius 1 is 1.41 bits per heavy atom. The third-order valence-electron chi connectivity index (χ3n) is 3.85. The van der Waals surface area contributed by atoms with Crippen molar-refractivity contribution in [3.63, 3.8) is 0 Å². The Bertz CT molecular complexity index is 718. The first kappa shape index (κ1) is 15.6. The molecule has 3 rings (SSSR count). The summed E-state index contributed by atoms with van der Waals surface area (Å²) in [5, 5.41) is 0.342. The number of hydrogen-bond acceptors (Lipinski definition) is 5. The molecule has 1 fully saturated rings. The molecule has 0 aromatic carbocycles. The molecule has 2 aromatic heterocycles. The number of sulfonamides is 1. The number of thioether (sulfide) groups is 1. The second-order valence-corrected chi connectivity index (χ2v) is 8.50. The lowest BCUT2D eigenvalue weighted by Crippen LogP contribution is -2.33. The van der Waals surface area contributed by atoms with E-state index in [1.165, 1.54) is 4.31 Å². The summed E-state index contributed by atoms with van der Waals surface area (Å²) in [5.41, 5.74) is 0. The van der Waals surface area contributed by atoms with Gasteiger partial charge in [0, 0.05) is 32.1 Å². The maximum Gasteiger partial charge on any atom is 0.262 e. The van der Waals surface area contributed by atoms with E-state index < -0.39 is 10.0 Å². The minimum absolute atomic E-state index is 0.133. The van der Waals surface area contributed by atoms with Gasteiger partial charge in [-0.05, 0) is 25.5 Å². The van der Waals surface area contributed by atoms with E-state index in [4.69, 9.17) is 4.42 Å². The molecule has 0 bridgehead atoms. The van der Waals surface area contributed by atoms with E-state index in [1.807, 2.05) is 12.1 Å². The lowest BCUT2D eigenvalue weighted by molar-refractivity contribution is 0.415. The predicted molar refractivity (Wildman–Crippen MR) is 85.2 cm³/mol. The molecule has 120 valence electrons. The fourth-order valence-corrected chi connectivity index (χ4v) is 5.25. The normalized spacial score (nSPS) is 20.9. The minimum atomic E-state index is -3.52. The second kappa shape index (κ2) is 6.10. The molecule has 0 N–H and O–H groups in total. The fraction of sp³-hybridized carbons (Fsp3) is 0.500. The van der Waals surface area contributed by atoms with Crippen molar-refractivity contribution in [2.24, 2.45) is 7.05 Å². The molecule has 6 nitrogen and oxygen atoms in total. The zero-order valence-electron chi connectivity index (χ0n) is 12.6. The van der Waals surface area contributed by atoms with Gasteiger partial charge >= 0.3 is 0 Å². The summed E-state index contributed by atoms with van der Waals surface area (Å²) < 4.78 is 34.1. The van der Waals surface area contributed by atoms with E-state index in [-0.39, 0.29) is 10.3 Å². The van der Waals surface area contributed by atoms with Crippen molar-refractivity contribution < 1.29 is 12.8 Å². The third kappa shape index (κ3) is 2.95. The van der Waals surface area contributed by atoms with Crippen molar-refractivity contribution >= 4 is 21.8 Å². The molecule has 22 heavy (non-hydrogen) atoms. The molecule has 0 saturated carbocycles. The molecule has 3 heterocycles. The van der Waals surface area contributed by atoms with E-state index in [9.17, 15) is 8.42 Å². The number of aromatic nitrogens is 2. The molecule has 1 aliphatic heterocycles. The number of nitrogens with zero attached hydrogens (tertiary/aromatic N) is 3. The second-order valence-electron chi connectivity index (χ2n) is 5.30. The van der Waals surface area contributed by atoms with Crippen LogP contribution in [0.1, 0.15) is 23.3 Å². The summed E-state index contributed by atoms with van der Waals surface area (Å²) in [5.74, 6) is 2.35. The maximum absolute atomic E-state index is 12.7. The zero-order chi connectivity index (χ0) is 15.7. The van der Waals surface area contributed by atoms with Gasteiger partial charge in [-0.3, -0.25) is 0 Å². The quantitative estimate of drug-likeness (QED) is 0.856. The number of imidazole rings is 1. The highest BCUT2D eigenvalue weighted by Crippen LogP contribution is 2.35. The van der Waals surface area contributed by atoms with Crippen LogP contribution in [0.15, 0.2) is 34.0 Å². The Hall–Kier alpha value is -1.25. The Kier molecular flexibility index (Phi) is 4.33. The summed E-state index contributed by atoms with van der Waals surface area (Å²) >= 11 is 1.74. The van der Waals surface area contributed by atoms with Crippen LogP contribution in [0, 0.1) is 6.92 Å². The Balaban J connectivity index is 1.78. The van der Waals surface area contributed by atoms with Gasteiger partial charge in [-0.15, -0.1) is 11.8 Å². The number of rotatable bonds is 3. The molecule has 0 spiro atoms. The van der Waals surface area contributed by atoms with E-state index in [0.717, 1.165) is 17.9 Å². The molecular formula is C14H19N3O3S2. The molecule has 0 radical (unpaired) electrons. The summed E-state index contributed by atoms with van der Waals surface area (Å²) in [6.45, 7) is 2.78. The highest BCUT2D eigenvalue weighted by molar-refractivity contribution is 7.99. The van der Waals surface area contributed by atoms with Crippen LogP contribution in [-0.2, 0) is 17.1 Å². The van der Waals surface area contributed by atoms with Crippen molar-refractivity contribution in [1.82, 2.24) is 13.9 Å². The van der Waals surface area contributed by atoms with Gasteiger partial charge in [-0.2, -0.15) is 4.31 Å². The van der Waals surface area contributed by atoms with Crippen molar-refractivity contribution in [1.29, 1.82) is 0 Å². The van der Waals surface area contributed by atoms with Crippen LogP contribution in [0.2, 0.25) is 0 Å². The molecule has 0 amide bonds. The highest BCUT2D eigenvalue weighted by atomic mass is 32.2. The van der Waals surface area contributed by atoms with Crippen LogP contribution in [0.25, 0.3) is 0 Å². The molecule has 0 unspecified atom stereocenters. The molecule has 1 saturated heterocycles. The molecule has 2 aromatic rings. The van der Waals surface area contributed by atoms with E-state index in [1.54, 1.807) is 42.8 Å². The monoisotopic (exact) mass is 341 g/mol. The van der Waals surface area contributed by atoms with Crippen LogP contribution in [-0.4, -0.2) is 41.1 Å². The van der Waals surface area contributed by atoms with Crippen molar-refractivity contribution in [3.8, 4) is 0 Å². The van der Waals surface area contributed by atoms with Gasteiger partial charge < -0.3 is 8.98 Å². The number of furan rings is 1. The molecule has 1 atom stereocenters. The first-order valence-electron chi connectivity index (χ1n) is 7.13. The SMILES string of the molecule is Cc1nc(S(=O)(=O)N2CCS[C@H](c3ccco3)CC2)cn1C. The highest BCUT2D eigenvalue weighted by Gasteiger charge is 2.30. The molecular weight excluding hydrogens is 322 g/mol. The first-order chi connectivity index (χ1) is 10.5. The van der Waals surface area contributed by atoms with Crippen LogP contribution < -0.4 is 0 Å². The Morgan fingerprint density at radius 3 is 2.86 bits per heavy atom. The van der Waals surface area contributed by atoms with Gasteiger partial charge in [0.15, 0.2) is 5.03 Å². The number of aryl methyl sites for hydroxylation is 2. The van der Waals surface area contributed by atoms with E-state index >= 15 is 0 Å². The molecule has 1 aliphatic rings. The molecule has 8 heteroatoms. The lowest BCUT2D eigenvalue weighted by atomic mass is 10.2. The van der Waals surface area contributed by atoms with Crippen LogP contribution in [0.4, 0.5) is 0 Å². The Labute approximate surface area is 134 Å². The summed E-state index contributed by atoms with van der Waals surface area (Å²) in [6, 6.07) is 3.82. The largest absolute Gasteiger partial charge is 0.468 e. The minimum Gasteiger partial charge on any atom is -0.468 e. The Morgan fingerprint density at radius 2 is 2.23 bits per heavy atom. The zero-order valence-corrected chi connectivity index (χ0v) is 14.2. The first-order valence-corrected chi connectivity index (χ1v) is 9.62. The average Bonchev–Trinajstić information content (AvgIpc) is 3.04.